The summed E-state index contributed by atoms with van der Waals surface area (Å²) in [6.07, 6.45) is -4.72. The fourth-order valence-corrected chi connectivity index (χ4v) is 3.42. The van der Waals surface area contributed by atoms with Crippen LogP contribution < -0.4 is 14.8 Å². The molecule has 2 aromatic carbocycles. The molecule has 0 aliphatic carbocycles. The van der Waals surface area contributed by atoms with Crippen molar-refractivity contribution in [3.05, 3.63) is 71.0 Å². The lowest BCUT2D eigenvalue weighted by molar-refractivity contribution is -0.142. The van der Waals surface area contributed by atoms with Crippen molar-refractivity contribution in [2.75, 3.05) is 19.5 Å². The number of amides is 1. The van der Waals surface area contributed by atoms with Gasteiger partial charge in [-0.05, 0) is 6.07 Å². The van der Waals surface area contributed by atoms with Gasteiger partial charge in [-0.2, -0.15) is 18.3 Å². The summed E-state index contributed by atoms with van der Waals surface area (Å²) < 4.78 is 52.2. The lowest BCUT2D eigenvalue weighted by Crippen LogP contribution is -2.16. The first kappa shape index (κ1) is 22.4. The van der Waals surface area contributed by atoms with E-state index in [1.807, 2.05) is 0 Å². The van der Waals surface area contributed by atoms with Gasteiger partial charge >= 0.3 is 6.18 Å². The maximum absolute atomic E-state index is 13.8. The van der Waals surface area contributed by atoms with Crippen molar-refractivity contribution in [2.24, 2.45) is 0 Å². The predicted octanol–water partition coefficient (Wildman–Crippen LogP) is 5.34. The van der Waals surface area contributed by atoms with Crippen LogP contribution in [0, 0.1) is 0 Å². The van der Waals surface area contributed by atoms with Gasteiger partial charge in [0.15, 0.2) is 17.0 Å². The van der Waals surface area contributed by atoms with Gasteiger partial charge in [0.1, 0.15) is 11.5 Å². The summed E-state index contributed by atoms with van der Waals surface area (Å²) in [6.45, 7) is 0. The van der Waals surface area contributed by atoms with Crippen LogP contribution in [-0.4, -0.2) is 34.7 Å². The van der Waals surface area contributed by atoms with Crippen LogP contribution in [0.25, 0.3) is 16.9 Å². The minimum Gasteiger partial charge on any atom is -0.495 e. The zero-order chi connectivity index (χ0) is 23.8. The van der Waals surface area contributed by atoms with E-state index in [0.29, 0.717) is 10.1 Å². The second-order valence-electron chi connectivity index (χ2n) is 6.83. The van der Waals surface area contributed by atoms with E-state index < -0.39 is 17.8 Å². The Labute approximate surface area is 190 Å². The number of hydrogen-bond donors (Lipinski definition) is 1. The Kier molecular flexibility index (Phi) is 5.86. The van der Waals surface area contributed by atoms with E-state index in [1.165, 1.54) is 32.4 Å². The summed E-state index contributed by atoms with van der Waals surface area (Å²) in [5, 5.41) is 6.66. The first-order valence-corrected chi connectivity index (χ1v) is 9.85. The van der Waals surface area contributed by atoms with E-state index in [0.717, 1.165) is 6.07 Å². The molecule has 2 aromatic heterocycles. The molecule has 0 aliphatic heterocycles. The summed E-state index contributed by atoms with van der Waals surface area (Å²) in [7, 11) is 2.78. The highest BCUT2D eigenvalue weighted by Gasteiger charge is 2.35. The molecule has 1 amide bonds. The van der Waals surface area contributed by atoms with E-state index in [9.17, 15) is 18.0 Å². The van der Waals surface area contributed by atoms with Crippen LogP contribution in [0.4, 0.5) is 18.9 Å². The fraction of sp³-hybridized carbons (Fsp3) is 0.136. The highest BCUT2D eigenvalue weighted by Crippen LogP contribution is 2.36. The number of rotatable bonds is 5. The van der Waals surface area contributed by atoms with Crippen molar-refractivity contribution < 1.29 is 27.4 Å². The quantitative estimate of drug-likeness (QED) is 0.421. The molecule has 11 heteroatoms. The first-order valence-electron chi connectivity index (χ1n) is 9.47. The number of aromatic nitrogens is 3. The molecule has 0 saturated heterocycles. The summed E-state index contributed by atoms with van der Waals surface area (Å²) in [5.74, 6) is -0.257. The van der Waals surface area contributed by atoms with Gasteiger partial charge in [0.2, 0.25) is 0 Å². The monoisotopic (exact) mass is 476 g/mol. The van der Waals surface area contributed by atoms with Crippen molar-refractivity contribution >= 4 is 28.8 Å². The van der Waals surface area contributed by atoms with Gasteiger partial charge < -0.3 is 14.8 Å². The Balaban J connectivity index is 1.77. The number of methoxy groups -OCH3 is 2. The number of nitrogens with one attached hydrogen (secondary N) is 1. The third kappa shape index (κ3) is 4.42. The van der Waals surface area contributed by atoms with Crippen molar-refractivity contribution in [3.63, 3.8) is 0 Å². The van der Waals surface area contributed by atoms with Gasteiger partial charge in [-0.3, -0.25) is 4.79 Å². The van der Waals surface area contributed by atoms with Crippen LogP contribution in [0.2, 0.25) is 5.02 Å². The number of halogens is 4. The fourth-order valence-electron chi connectivity index (χ4n) is 3.19. The van der Waals surface area contributed by atoms with Gasteiger partial charge in [0, 0.05) is 23.8 Å². The maximum atomic E-state index is 13.8. The number of hydrogen-bond acceptors (Lipinski definition) is 5. The Bertz CT molecular complexity index is 1340. The van der Waals surface area contributed by atoms with Crippen LogP contribution >= 0.6 is 11.6 Å². The summed E-state index contributed by atoms with van der Waals surface area (Å²) in [5.41, 5.74) is -0.656. The molecule has 1 N–H and O–H groups in total. The summed E-state index contributed by atoms with van der Waals surface area (Å²) >= 11 is 6.06. The van der Waals surface area contributed by atoms with Crippen molar-refractivity contribution in [1.29, 1.82) is 0 Å². The Morgan fingerprint density at radius 3 is 2.36 bits per heavy atom. The van der Waals surface area contributed by atoms with Gasteiger partial charge in [0.25, 0.3) is 5.91 Å². The molecule has 33 heavy (non-hydrogen) atoms. The number of benzene rings is 2. The normalized spacial score (nSPS) is 11.5. The minimum absolute atomic E-state index is 0.103. The van der Waals surface area contributed by atoms with E-state index >= 15 is 0 Å². The lowest BCUT2D eigenvalue weighted by atomic mass is 10.1. The molecule has 0 bridgehead atoms. The molecule has 4 aromatic rings. The molecule has 0 spiro atoms. The predicted molar refractivity (Wildman–Crippen MR) is 116 cm³/mol. The third-order valence-corrected chi connectivity index (χ3v) is 5.04. The number of ether oxygens (including phenoxy) is 2. The molecule has 4 rings (SSSR count). The smallest absolute Gasteiger partial charge is 0.433 e. The first-order chi connectivity index (χ1) is 15.7. The van der Waals surface area contributed by atoms with E-state index in [-0.39, 0.29) is 39.2 Å². The van der Waals surface area contributed by atoms with Crippen LogP contribution in [-0.2, 0) is 6.18 Å². The van der Waals surface area contributed by atoms with Crippen LogP contribution in [0.3, 0.4) is 0 Å². The standard InChI is InChI=1S/C22H16ClF3N4O3/c1-32-17-9-15(18(33-2)8-13(17)23)28-21(31)16-11-20-27-14(12-6-4-3-5-7-12)10-19(22(24,25)26)30(20)29-16/h3-11H,1-2H3,(H,28,31). The van der Waals surface area contributed by atoms with Gasteiger partial charge in [-0.25, -0.2) is 9.50 Å². The number of alkyl halides is 3. The number of carbonyl (C=O) groups is 1. The van der Waals surface area contributed by atoms with Gasteiger partial charge in [-0.15, -0.1) is 0 Å². The number of carbonyl (C=O) groups excluding carboxylic acids is 1. The van der Waals surface area contributed by atoms with Crippen molar-refractivity contribution in [1.82, 2.24) is 14.6 Å². The van der Waals surface area contributed by atoms with Crippen LogP contribution in [0.5, 0.6) is 11.5 Å². The lowest BCUT2D eigenvalue weighted by Gasteiger charge is -2.12. The van der Waals surface area contributed by atoms with E-state index in [2.05, 4.69) is 15.4 Å². The molecule has 0 fully saturated rings. The van der Waals surface area contributed by atoms with E-state index in [4.69, 9.17) is 21.1 Å². The molecule has 170 valence electrons. The summed E-state index contributed by atoms with van der Waals surface area (Å²) in [6, 6.07) is 13.4. The summed E-state index contributed by atoms with van der Waals surface area (Å²) in [4.78, 5) is 17.1. The van der Waals surface area contributed by atoms with E-state index in [1.54, 1.807) is 30.3 Å². The molecule has 7 nitrogen and oxygen atoms in total. The van der Waals surface area contributed by atoms with Gasteiger partial charge in [-0.1, -0.05) is 41.9 Å². The molecular weight excluding hydrogens is 461 g/mol. The highest BCUT2D eigenvalue weighted by atomic mass is 35.5. The molecule has 2 heterocycles. The van der Waals surface area contributed by atoms with Crippen molar-refractivity contribution in [2.45, 2.75) is 6.18 Å². The molecule has 0 unspecified atom stereocenters. The Morgan fingerprint density at radius 1 is 1.03 bits per heavy atom. The van der Waals surface area contributed by atoms with Crippen molar-refractivity contribution in [3.8, 4) is 22.8 Å². The molecular formula is C22H16ClF3N4O3. The second-order valence-corrected chi connectivity index (χ2v) is 7.24. The van der Waals surface area contributed by atoms with Crippen LogP contribution in [0.15, 0.2) is 54.6 Å². The topological polar surface area (TPSA) is 77.8 Å². The highest BCUT2D eigenvalue weighted by molar-refractivity contribution is 6.32. The average Bonchev–Trinajstić information content (AvgIpc) is 3.23. The third-order valence-electron chi connectivity index (χ3n) is 4.74. The van der Waals surface area contributed by atoms with Gasteiger partial charge in [0.05, 0.1) is 30.6 Å². The number of anilines is 1. The number of fused-ring (bicyclic) bond motifs is 1. The minimum atomic E-state index is -4.72. The maximum Gasteiger partial charge on any atom is 0.433 e. The molecule has 0 radical (unpaired) electrons. The zero-order valence-electron chi connectivity index (χ0n) is 17.3. The SMILES string of the molecule is COc1cc(NC(=O)c2cc3nc(-c4ccccc4)cc(C(F)(F)F)n3n2)c(OC)cc1Cl. The largest absolute Gasteiger partial charge is 0.495 e. The number of nitrogens with zero attached hydrogens (tertiary/aromatic N) is 3. The molecule has 0 aliphatic rings. The zero-order valence-corrected chi connectivity index (χ0v) is 18.0. The second kappa shape index (κ2) is 8.62. The van der Waals surface area contributed by atoms with Crippen LogP contribution in [0.1, 0.15) is 16.2 Å². The molecule has 0 saturated carbocycles. The Morgan fingerprint density at radius 2 is 1.73 bits per heavy atom. The average molecular weight is 477 g/mol. The Hall–Kier alpha value is -3.79. The molecule has 0 atom stereocenters.